The van der Waals surface area contributed by atoms with Crippen molar-refractivity contribution in [1.29, 1.82) is 0 Å². The van der Waals surface area contributed by atoms with Gasteiger partial charge in [0.2, 0.25) is 10.0 Å². The van der Waals surface area contributed by atoms with E-state index in [1.807, 2.05) is 0 Å². The van der Waals surface area contributed by atoms with Crippen molar-refractivity contribution in [3.63, 3.8) is 0 Å². The predicted molar refractivity (Wildman–Crippen MR) is 94.2 cm³/mol. The van der Waals surface area contributed by atoms with Crippen LogP contribution in [0.1, 0.15) is 23.2 Å². The van der Waals surface area contributed by atoms with Gasteiger partial charge < -0.3 is 5.32 Å². The van der Waals surface area contributed by atoms with Crippen LogP contribution in [0.25, 0.3) is 0 Å². The van der Waals surface area contributed by atoms with Crippen LogP contribution in [0.3, 0.4) is 0 Å². The fraction of sp³-hybridized carbons (Fsp3) is 0.188. The van der Waals surface area contributed by atoms with E-state index in [1.54, 1.807) is 24.3 Å². The third-order valence-electron chi connectivity index (χ3n) is 3.48. The van der Waals surface area contributed by atoms with Crippen molar-refractivity contribution in [1.82, 2.24) is 4.72 Å². The van der Waals surface area contributed by atoms with E-state index in [1.165, 1.54) is 18.2 Å². The molecule has 1 saturated carbocycles. The fourth-order valence-electron chi connectivity index (χ4n) is 2.07. The minimum Gasteiger partial charge on any atom is -0.322 e. The number of rotatable bonds is 5. The monoisotopic (exact) mass is 384 g/mol. The molecular weight excluding hydrogens is 371 g/mol. The van der Waals surface area contributed by atoms with E-state index in [9.17, 15) is 13.2 Å². The number of sulfonamides is 1. The molecule has 0 aromatic heterocycles. The number of hydrogen-bond acceptors (Lipinski definition) is 3. The van der Waals surface area contributed by atoms with Crippen LogP contribution in [0.15, 0.2) is 47.4 Å². The van der Waals surface area contributed by atoms with E-state index in [0.29, 0.717) is 10.7 Å². The molecule has 0 heterocycles. The lowest BCUT2D eigenvalue weighted by molar-refractivity contribution is 0.102. The van der Waals surface area contributed by atoms with Crippen molar-refractivity contribution in [3.8, 4) is 0 Å². The van der Waals surface area contributed by atoms with Crippen LogP contribution < -0.4 is 10.0 Å². The molecular formula is C16H14Cl2N2O3S. The van der Waals surface area contributed by atoms with E-state index in [-0.39, 0.29) is 21.5 Å². The van der Waals surface area contributed by atoms with E-state index < -0.39 is 15.9 Å². The molecule has 8 heteroatoms. The number of nitrogens with one attached hydrogen (secondary N) is 2. The minimum atomic E-state index is -3.74. The van der Waals surface area contributed by atoms with Crippen LogP contribution in [0, 0.1) is 0 Å². The van der Waals surface area contributed by atoms with Crippen LogP contribution in [-0.4, -0.2) is 20.4 Å². The van der Waals surface area contributed by atoms with Crippen molar-refractivity contribution in [2.45, 2.75) is 23.8 Å². The number of anilines is 1. The number of halogens is 2. The van der Waals surface area contributed by atoms with Gasteiger partial charge in [-0.25, -0.2) is 13.1 Å². The van der Waals surface area contributed by atoms with Gasteiger partial charge in [-0.1, -0.05) is 23.2 Å². The molecule has 3 rings (SSSR count). The highest BCUT2D eigenvalue weighted by molar-refractivity contribution is 7.89. The molecule has 1 amide bonds. The Balaban J connectivity index is 1.84. The lowest BCUT2D eigenvalue weighted by Gasteiger charge is -2.10. The van der Waals surface area contributed by atoms with Gasteiger partial charge in [-0.05, 0) is 55.3 Å². The standard InChI is InChI=1S/C16H14Cl2N2O3S/c17-11-2-4-12(5-3-11)19-16(21)10-1-8-14(18)15(9-10)24(22,23)20-13-6-7-13/h1-5,8-9,13,20H,6-7H2,(H,19,21). The van der Waals surface area contributed by atoms with Gasteiger partial charge in [-0.15, -0.1) is 0 Å². The average molecular weight is 385 g/mol. The first-order valence-electron chi connectivity index (χ1n) is 7.24. The number of amides is 1. The summed E-state index contributed by atoms with van der Waals surface area (Å²) in [5.74, 6) is -0.433. The summed E-state index contributed by atoms with van der Waals surface area (Å²) in [6, 6.07) is 10.7. The molecule has 0 radical (unpaired) electrons. The van der Waals surface area contributed by atoms with Gasteiger partial charge in [0.1, 0.15) is 4.90 Å². The third kappa shape index (κ3) is 4.08. The molecule has 0 aliphatic heterocycles. The highest BCUT2D eigenvalue weighted by Crippen LogP contribution is 2.27. The molecule has 0 unspecified atom stereocenters. The predicted octanol–water partition coefficient (Wildman–Crippen LogP) is 3.69. The molecule has 5 nitrogen and oxygen atoms in total. The van der Waals surface area contributed by atoms with Crippen molar-refractivity contribution in [3.05, 3.63) is 58.1 Å². The highest BCUT2D eigenvalue weighted by atomic mass is 35.5. The maximum absolute atomic E-state index is 12.3. The number of hydrogen-bond donors (Lipinski definition) is 2. The maximum atomic E-state index is 12.3. The van der Waals surface area contributed by atoms with Crippen LogP contribution >= 0.6 is 23.2 Å². The molecule has 24 heavy (non-hydrogen) atoms. The Kier molecular flexibility index (Phi) is 4.83. The SMILES string of the molecule is O=C(Nc1ccc(Cl)cc1)c1ccc(Cl)c(S(=O)(=O)NC2CC2)c1. The molecule has 1 fully saturated rings. The van der Waals surface area contributed by atoms with E-state index >= 15 is 0 Å². The number of carbonyl (C=O) groups is 1. The minimum absolute atomic E-state index is 0.0439. The van der Waals surface area contributed by atoms with Crippen molar-refractivity contribution >= 4 is 44.8 Å². The zero-order valence-corrected chi connectivity index (χ0v) is 14.8. The molecule has 2 aromatic carbocycles. The highest BCUT2D eigenvalue weighted by Gasteiger charge is 2.29. The van der Waals surface area contributed by atoms with Crippen LogP contribution in [0.4, 0.5) is 5.69 Å². The first-order chi connectivity index (χ1) is 11.3. The van der Waals surface area contributed by atoms with Gasteiger partial charge in [-0.2, -0.15) is 0 Å². The first kappa shape index (κ1) is 17.2. The summed E-state index contributed by atoms with van der Waals surface area (Å²) in [7, 11) is -3.74. The Morgan fingerprint density at radius 2 is 1.71 bits per heavy atom. The van der Waals surface area contributed by atoms with E-state index in [0.717, 1.165) is 12.8 Å². The van der Waals surface area contributed by atoms with Crippen molar-refractivity contribution in [2.24, 2.45) is 0 Å². The van der Waals surface area contributed by atoms with Crippen LogP contribution in [-0.2, 0) is 10.0 Å². The quantitative estimate of drug-likeness (QED) is 0.825. The number of benzene rings is 2. The first-order valence-corrected chi connectivity index (χ1v) is 9.48. The normalized spacial score (nSPS) is 14.4. The third-order valence-corrected chi connectivity index (χ3v) is 5.74. The smallest absolute Gasteiger partial charge is 0.255 e. The van der Waals surface area contributed by atoms with Crippen LogP contribution in [0.5, 0.6) is 0 Å². The Labute approximate surface area is 150 Å². The second-order valence-corrected chi connectivity index (χ2v) is 8.03. The molecule has 0 spiro atoms. The molecule has 1 aliphatic carbocycles. The summed E-state index contributed by atoms with van der Waals surface area (Å²) in [5.41, 5.74) is 0.755. The molecule has 0 atom stereocenters. The van der Waals surface area contributed by atoms with Crippen LogP contribution in [0.2, 0.25) is 10.0 Å². The fourth-order valence-corrected chi connectivity index (χ4v) is 4.03. The largest absolute Gasteiger partial charge is 0.322 e. The van der Waals surface area contributed by atoms with Gasteiger partial charge in [0.25, 0.3) is 5.91 Å². The average Bonchev–Trinajstić information content (AvgIpc) is 3.33. The molecule has 0 bridgehead atoms. The summed E-state index contributed by atoms with van der Waals surface area (Å²) >= 11 is 11.8. The van der Waals surface area contributed by atoms with Gasteiger partial charge in [0.05, 0.1) is 5.02 Å². The van der Waals surface area contributed by atoms with Crippen molar-refractivity contribution < 1.29 is 13.2 Å². The molecule has 2 aromatic rings. The Hall–Kier alpha value is -1.60. The van der Waals surface area contributed by atoms with Gasteiger partial charge in [0.15, 0.2) is 0 Å². The summed E-state index contributed by atoms with van der Waals surface area (Å²) < 4.78 is 27.2. The Bertz CT molecular complexity index is 879. The zero-order chi connectivity index (χ0) is 17.3. The molecule has 1 aliphatic rings. The number of carbonyl (C=O) groups excluding carboxylic acids is 1. The topological polar surface area (TPSA) is 75.3 Å². The lowest BCUT2D eigenvalue weighted by Crippen LogP contribution is -2.26. The molecule has 2 N–H and O–H groups in total. The van der Waals surface area contributed by atoms with E-state index in [2.05, 4.69) is 10.0 Å². The van der Waals surface area contributed by atoms with Gasteiger partial charge in [0, 0.05) is 22.3 Å². The second kappa shape index (κ2) is 6.72. The summed E-state index contributed by atoms with van der Waals surface area (Å²) in [6.45, 7) is 0. The summed E-state index contributed by atoms with van der Waals surface area (Å²) in [5, 5.41) is 3.31. The molecule has 126 valence electrons. The Morgan fingerprint density at radius 3 is 2.33 bits per heavy atom. The van der Waals surface area contributed by atoms with Crippen molar-refractivity contribution in [2.75, 3.05) is 5.32 Å². The van der Waals surface area contributed by atoms with Gasteiger partial charge >= 0.3 is 0 Å². The summed E-state index contributed by atoms with van der Waals surface area (Å²) in [6.07, 6.45) is 1.63. The second-order valence-electron chi connectivity index (χ2n) is 5.50. The van der Waals surface area contributed by atoms with Gasteiger partial charge in [-0.3, -0.25) is 4.79 Å². The van der Waals surface area contributed by atoms with E-state index in [4.69, 9.17) is 23.2 Å². The lowest BCUT2D eigenvalue weighted by atomic mass is 10.2. The summed E-state index contributed by atoms with van der Waals surface area (Å²) in [4.78, 5) is 12.2. The zero-order valence-electron chi connectivity index (χ0n) is 12.4. The Morgan fingerprint density at radius 1 is 1.04 bits per heavy atom. The maximum Gasteiger partial charge on any atom is 0.255 e. The molecule has 0 saturated heterocycles.